The molecule has 0 aromatic heterocycles. The fraction of sp³-hybridized carbons (Fsp3) is 0.300. The first-order chi connectivity index (χ1) is 12.5. The van der Waals surface area contributed by atoms with Crippen LogP contribution in [-0.4, -0.2) is 47.9 Å². The zero-order valence-electron chi connectivity index (χ0n) is 14.9. The van der Waals surface area contributed by atoms with Crippen molar-refractivity contribution >= 4 is 17.6 Å². The van der Waals surface area contributed by atoms with Crippen molar-refractivity contribution in [2.75, 3.05) is 31.5 Å². The minimum atomic E-state index is -0.460. The Hall–Kier alpha value is -2.86. The minimum Gasteiger partial charge on any atom is -0.368 e. The molecule has 0 saturated carbocycles. The lowest BCUT2D eigenvalue weighted by molar-refractivity contribution is -0.124. The Morgan fingerprint density at radius 1 is 0.962 bits per heavy atom. The maximum atomic E-state index is 12.4. The van der Waals surface area contributed by atoms with Gasteiger partial charge in [-0.2, -0.15) is 0 Å². The van der Waals surface area contributed by atoms with Gasteiger partial charge in [-0.1, -0.05) is 48.0 Å². The normalized spacial score (nSPS) is 16.1. The maximum Gasteiger partial charge on any atom is 0.321 e. The molecular formula is C20H24N4O2. The van der Waals surface area contributed by atoms with Crippen molar-refractivity contribution in [3.8, 4) is 0 Å². The van der Waals surface area contributed by atoms with Crippen LogP contribution in [0.1, 0.15) is 17.2 Å². The Morgan fingerprint density at radius 3 is 2.15 bits per heavy atom. The summed E-state index contributed by atoms with van der Waals surface area (Å²) in [6, 6.07) is 16.7. The zero-order valence-corrected chi connectivity index (χ0v) is 14.9. The van der Waals surface area contributed by atoms with Crippen molar-refractivity contribution in [3.05, 3.63) is 65.7 Å². The number of amides is 3. The van der Waals surface area contributed by atoms with Crippen LogP contribution < -0.4 is 11.1 Å². The molecular weight excluding hydrogens is 328 g/mol. The highest BCUT2D eigenvalue weighted by atomic mass is 16.2. The van der Waals surface area contributed by atoms with Gasteiger partial charge in [0.2, 0.25) is 5.91 Å². The van der Waals surface area contributed by atoms with Crippen LogP contribution in [0.5, 0.6) is 0 Å². The third-order valence-corrected chi connectivity index (χ3v) is 4.65. The maximum absolute atomic E-state index is 12.4. The van der Waals surface area contributed by atoms with E-state index in [1.54, 1.807) is 4.90 Å². The molecule has 0 radical (unpaired) electrons. The van der Waals surface area contributed by atoms with Gasteiger partial charge in [0.05, 0.1) is 0 Å². The van der Waals surface area contributed by atoms with Crippen LogP contribution in [0.15, 0.2) is 54.6 Å². The number of primary amides is 1. The lowest BCUT2D eigenvalue weighted by Crippen LogP contribution is -2.52. The number of hydrogen-bond acceptors (Lipinski definition) is 3. The Kier molecular flexibility index (Phi) is 5.53. The molecule has 1 aliphatic heterocycles. The second-order valence-electron chi connectivity index (χ2n) is 6.53. The Labute approximate surface area is 153 Å². The van der Waals surface area contributed by atoms with Crippen LogP contribution in [0.25, 0.3) is 0 Å². The number of nitrogens with zero attached hydrogens (tertiary/aromatic N) is 2. The predicted octanol–water partition coefficient (Wildman–Crippen LogP) is 2.37. The van der Waals surface area contributed by atoms with Crippen molar-refractivity contribution in [1.82, 2.24) is 9.80 Å². The molecule has 3 amide bonds. The Bertz CT molecular complexity index is 753. The minimum absolute atomic E-state index is 0.121. The number of benzene rings is 2. The molecule has 26 heavy (non-hydrogen) atoms. The summed E-state index contributed by atoms with van der Waals surface area (Å²) in [5.74, 6) is -0.367. The van der Waals surface area contributed by atoms with Crippen LogP contribution in [0.2, 0.25) is 0 Å². The summed E-state index contributed by atoms with van der Waals surface area (Å²) in [7, 11) is 0. The van der Waals surface area contributed by atoms with Gasteiger partial charge in [0, 0.05) is 31.9 Å². The summed E-state index contributed by atoms with van der Waals surface area (Å²) < 4.78 is 0. The van der Waals surface area contributed by atoms with Crippen molar-refractivity contribution in [3.63, 3.8) is 0 Å². The molecule has 6 heteroatoms. The Morgan fingerprint density at radius 2 is 1.58 bits per heavy atom. The van der Waals surface area contributed by atoms with Crippen LogP contribution in [0, 0.1) is 6.92 Å². The monoisotopic (exact) mass is 352 g/mol. The molecule has 1 saturated heterocycles. The molecule has 1 atom stereocenters. The summed E-state index contributed by atoms with van der Waals surface area (Å²) in [6.07, 6.45) is 0. The number of hydrogen-bond donors (Lipinski definition) is 2. The van der Waals surface area contributed by atoms with E-state index < -0.39 is 6.04 Å². The van der Waals surface area contributed by atoms with Crippen molar-refractivity contribution in [2.24, 2.45) is 5.73 Å². The van der Waals surface area contributed by atoms with Crippen LogP contribution >= 0.6 is 0 Å². The topological polar surface area (TPSA) is 78.7 Å². The number of rotatable bonds is 4. The molecule has 0 spiro atoms. The highest BCUT2D eigenvalue weighted by Crippen LogP contribution is 2.22. The molecule has 2 aromatic rings. The first-order valence-corrected chi connectivity index (χ1v) is 8.75. The molecule has 0 bridgehead atoms. The average Bonchev–Trinajstić information content (AvgIpc) is 2.65. The van der Waals surface area contributed by atoms with Crippen molar-refractivity contribution < 1.29 is 9.59 Å². The van der Waals surface area contributed by atoms with Gasteiger partial charge in [-0.05, 0) is 24.6 Å². The van der Waals surface area contributed by atoms with Gasteiger partial charge in [0.15, 0.2) is 0 Å². The summed E-state index contributed by atoms with van der Waals surface area (Å²) >= 11 is 0. The number of aryl methyl sites for hydroxylation is 1. The van der Waals surface area contributed by atoms with E-state index in [0.29, 0.717) is 26.2 Å². The summed E-state index contributed by atoms with van der Waals surface area (Å²) in [6.45, 7) is 4.31. The first kappa shape index (κ1) is 17.9. The average molecular weight is 352 g/mol. The molecule has 136 valence electrons. The second kappa shape index (κ2) is 8.01. The summed E-state index contributed by atoms with van der Waals surface area (Å²) in [5, 5.41) is 2.91. The van der Waals surface area contributed by atoms with Crippen LogP contribution in [0.4, 0.5) is 10.5 Å². The standard InChI is InChI=1S/C20H24N4O2/c1-15-7-9-17(10-8-15)22-20(26)24-13-11-23(12-14-24)18(19(21)25)16-5-3-2-4-6-16/h2-10,18H,11-14H2,1H3,(H2,21,25)(H,22,26)/t18-/m0/s1. The van der Waals surface area contributed by atoms with E-state index in [1.807, 2.05) is 66.4 Å². The number of carbonyl (C=O) groups is 2. The molecule has 0 aliphatic carbocycles. The van der Waals surface area contributed by atoms with E-state index in [-0.39, 0.29) is 11.9 Å². The zero-order chi connectivity index (χ0) is 18.5. The number of carbonyl (C=O) groups excluding carboxylic acids is 2. The molecule has 1 fully saturated rings. The summed E-state index contributed by atoms with van der Waals surface area (Å²) in [4.78, 5) is 28.2. The molecule has 1 heterocycles. The second-order valence-corrected chi connectivity index (χ2v) is 6.53. The van der Waals surface area contributed by atoms with E-state index in [2.05, 4.69) is 5.32 Å². The third-order valence-electron chi connectivity index (χ3n) is 4.65. The number of anilines is 1. The number of nitrogens with one attached hydrogen (secondary N) is 1. The van der Waals surface area contributed by atoms with Gasteiger partial charge in [0.1, 0.15) is 6.04 Å². The fourth-order valence-corrected chi connectivity index (χ4v) is 3.21. The molecule has 0 unspecified atom stereocenters. The molecule has 3 N–H and O–H groups in total. The Balaban J connectivity index is 1.60. The van der Waals surface area contributed by atoms with Gasteiger partial charge in [0.25, 0.3) is 0 Å². The molecule has 3 rings (SSSR count). The van der Waals surface area contributed by atoms with E-state index in [4.69, 9.17) is 5.73 Å². The third kappa shape index (κ3) is 4.21. The first-order valence-electron chi connectivity index (χ1n) is 8.75. The van der Waals surface area contributed by atoms with E-state index in [1.165, 1.54) is 0 Å². The summed E-state index contributed by atoms with van der Waals surface area (Å²) in [5.41, 5.74) is 8.45. The van der Waals surface area contributed by atoms with E-state index in [9.17, 15) is 9.59 Å². The van der Waals surface area contributed by atoms with Gasteiger partial charge in [-0.15, -0.1) is 0 Å². The fourth-order valence-electron chi connectivity index (χ4n) is 3.21. The quantitative estimate of drug-likeness (QED) is 0.887. The number of nitrogens with two attached hydrogens (primary N) is 1. The number of urea groups is 1. The SMILES string of the molecule is Cc1ccc(NC(=O)N2CCN([C@H](C(N)=O)c3ccccc3)CC2)cc1. The van der Waals surface area contributed by atoms with Gasteiger partial charge < -0.3 is 16.0 Å². The van der Waals surface area contributed by atoms with Crippen molar-refractivity contribution in [1.29, 1.82) is 0 Å². The van der Waals surface area contributed by atoms with Crippen LogP contribution in [0.3, 0.4) is 0 Å². The smallest absolute Gasteiger partial charge is 0.321 e. The van der Waals surface area contributed by atoms with E-state index in [0.717, 1.165) is 16.8 Å². The number of piperazine rings is 1. The van der Waals surface area contributed by atoms with Crippen molar-refractivity contribution in [2.45, 2.75) is 13.0 Å². The molecule has 2 aromatic carbocycles. The predicted molar refractivity (Wildman–Crippen MR) is 102 cm³/mol. The highest BCUT2D eigenvalue weighted by molar-refractivity contribution is 5.89. The van der Waals surface area contributed by atoms with Gasteiger partial charge in [-0.3, -0.25) is 9.69 Å². The van der Waals surface area contributed by atoms with Crippen LogP contribution in [-0.2, 0) is 4.79 Å². The lowest BCUT2D eigenvalue weighted by atomic mass is 10.0. The van der Waals surface area contributed by atoms with Gasteiger partial charge in [-0.25, -0.2) is 4.79 Å². The van der Waals surface area contributed by atoms with E-state index >= 15 is 0 Å². The lowest BCUT2D eigenvalue weighted by Gasteiger charge is -2.38. The largest absolute Gasteiger partial charge is 0.368 e. The molecule has 6 nitrogen and oxygen atoms in total. The highest BCUT2D eigenvalue weighted by Gasteiger charge is 2.30. The van der Waals surface area contributed by atoms with Gasteiger partial charge >= 0.3 is 6.03 Å². The molecule has 1 aliphatic rings.